The van der Waals surface area contributed by atoms with Crippen LogP contribution in [0.1, 0.15) is 35.2 Å². The van der Waals surface area contributed by atoms with E-state index in [0.29, 0.717) is 0 Å². The van der Waals surface area contributed by atoms with Gasteiger partial charge in [-0.15, -0.1) is 0 Å². The van der Waals surface area contributed by atoms with Gasteiger partial charge in [-0.05, 0) is 44.9 Å². The van der Waals surface area contributed by atoms with E-state index in [1.807, 2.05) is 0 Å². The highest BCUT2D eigenvalue weighted by Gasteiger charge is 2.11. The monoisotopic (exact) mass is 269 g/mol. The minimum absolute atomic E-state index is 0.265. The zero-order chi connectivity index (χ0) is 14.7. The van der Waals surface area contributed by atoms with Crippen molar-refractivity contribution in [1.29, 1.82) is 0 Å². The number of nitrogens with one attached hydrogen (secondary N) is 1. The molecule has 0 radical (unpaired) electrons. The van der Waals surface area contributed by atoms with Gasteiger partial charge in [0.25, 0.3) is 0 Å². The van der Waals surface area contributed by atoms with Crippen LogP contribution in [0.2, 0.25) is 0 Å². The van der Waals surface area contributed by atoms with E-state index in [9.17, 15) is 0 Å². The molecule has 0 aliphatic carbocycles. The van der Waals surface area contributed by atoms with Gasteiger partial charge >= 0.3 is 0 Å². The molecule has 0 saturated heterocycles. The van der Waals surface area contributed by atoms with E-state index in [4.69, 9.17) is 4.74 Å². The van der Waals surface area contributed by atoms with Crippen LogP contribution >= 0.6 is 0 Å². The van der Waals surface area contributed by atoms with Gasteiger partial charge in [-0.1, -0.05) is 35.9 Å². The van der Waals surface area contributed by atoms with Crippen molar-refractivity contribution in [1.82, 2.24) is 0 Å². The zero-order valence-corrected chi connectivity index (χ0v) is 12.9. The summed E-state index contributed by atoms with van der Waals surface area (Å²) in [4.78, 5) is 0. The van der Waals surface area contributed by atoms with Crippen molar-refractivity contribution >= 4 is 5.69 Å². The Labute approximate surface area is 121 Å². The molecule has 2 rings (SSSR count). The molecule has 20 heavy (non-hydrogen) atoms. The molecule has 2 aromatic carbocycles. The largest absolute Gasteiger partial charge is 0.496 e. The van der Waals surface area contributed by atoms with E-state index in [-0.39, 0.29) is 6.04 Å². The summed E-state index contributed by atoms with van der Waals surface area (Å²) in [5, 5.41) is 3.58. The van der Waals surface area contributed by atoms with Crippen LogP contribution in [0.4, 0.5) is 5.69 Å². The van der Waals surface area contributed by atoms with Crippen LogP contribution in [-0.2, 0) is 0 Å². The van der Waals surface area contributed by atoms with Crippen molar-refractivity contribution in [2.24, 2.45) is 0 Å². The first-order valence-corrected chi connectivity index (χ1v) is 7.00. The van der Waals surface area contributed by atoms with E-state index in [1.165, 1.54) is 16.7 Å². The minimum Gasteiger partial charge on any atom is -0.496 e. The smallest absolute Gasteiger partial charge is 0.126 e. The summed E-state index contributed by atoms with van der Waals surface area (Å²) in [7, 11) is 1.73. The standard InChI is InChI=1S/C18H23NO/c1-12-7-6-8-16(11-12)15(4)19-17-10-9-13(2)18(20-5)14(17)3/h6-11,15,19H,1-5H3. The van der Waals surface area contributed by atoms with Crippen LogP contribution in [-0.4, -0.2) is 7.11 Å². The first-order chi connectivity index (χ1) is 9.52. The summed E-state index contributed by atoms with van der Waals surface area (Å²) >= 11 is 0. The molecular weight excluding hydrogens is 246 g/mol. The lowest BCUT2D eigenvalue weighted by Crippen LogP contribution is -2.08. The highest BCUT2D eigenvalue weighted by atomic mass is 16.5. The first-order valence-electron chi connectivity index (χ1n) is 7.00. The number of methoxy groups -OCH3 is 1. The molecule has 2 nitrogen and oxygen atoms in total. The molecule has 0 spiro atoms. The van der Waals surface area contributed by atoms with Gasteiger partial charge in [-0.3, -0.25) is 0 Å². The molecule has 0 aromatic heterocycles. The maximum absolute atomic E-state index is 5.48. The molecule has 1 unspecified atom stereocenters. The maximum atomic E-state index is 5.48. The predicted molar refractivity (Wildman–Crippen MR) is 85.7 cm³/mol. The van der Waals surface area contributed by atoms with Gasteiger partial charge in [0.05, 0.1) is 7.11 Å². The zero-order valence-electron chi connectivity index (χ0n) is 12.9. The van der Waals surface area contributed by atoms with Crippen LogP contribution in [0.3, 0.4) is 0 Å². The minimum atomic E-state index is 0.265. The van der Waals surface area contributed by atoms with Crippen LogP contribution in [0.25, 0.3) is 0 Å². The normalized spacial score (nSPS) is 12.1. The molecule has 0 heterocycles. The lowest BCUT2D eigenvalue weighted by Gasteiger charge is -2.20. The number of rotatable bonds is 4. The molecular formula is C18H23NO. The van der Waals surface area contributed by atoms with Crippen molar-refractivity contribution < 1.29 is 4.74 Å². The van der Waals surface area contributed by atoms with E-state index >= 15 is 0 Å². The number of anilines is 1. The second-order valence-corrected chi connectivity index (χ2v) is 5.37. The Hall–Kier alpha value is -1.96. The fourth-order valence-corrected chi connectivity index (χ4v) is 2.55. The molecule has 0 fully saturated rings. The molecule has 0 aliphatic rings. The van der Waals surface area contributed by atoms with Gasteiger partial charge in [-0.25, -0.2) is 0 Å². The maximum Gasteiger partial charge on any atom is 0.126 e. The second-order valence-electron chi connectivity index (χ2n) is 5.37. The van der Waals surface area contributed by atoms with Crippen molar-refractivity contribution in [2.75, 3.05) is 12.4 Å². The highest BCUT2D eigenvalue weighted by molar-refractivity contribution is 5.60. The molecule has 2 aromatic rings. The Balaban J connectivity index is 2.26. The molecule has 1 N–H and O–H groups in total. The van der Waals surface area contributed by atoms with E-state index in [0.717, 1.165) is 17.0 Å². The average molecular weight is 269 g/mol. The summed E-state index contributed by atoms with van der Waals surface area (Å²) < 4.78 is 5.48. The van der Waals surface area contributed by atoms with Gasteiger partial charge < -0.3 is 10.1 Å². The molecule has 0 aliphatic heterocycles. The molecule has 0 saturated carbocycles. The number of hydrogen-bond donors (Lipinski definition) is 1. The Morgan fingerprint density at radius 1 is 1.05 bits per heavy atom. The molecule has 2 heteroatoms. The van der Waals surface area contributed by atoms with Crippen molar-refractivity contribution in [3.05, 3.63) is 58.7 Å². The Kier molecular flexibility index (Phi) is 4.33. The Morgan fingerprint density at radius 2 is 1.80 bits per heavy atom. The van der Waals surface area contributed by atoms with Gasteiger partial charge in [0, 0.05) is 17.3 Å². The number of hydrogen-bond acceptors (Lipinski definition) is 2. The van der Waals surface area contributed by atoms with E-state index in [1.54, 1.807) is 7.11 Å². The Bertz CT molecular complexity index is 604. The van der Waals surface area contributed by atoms with Gasteiger partial charge in [0.1, 0.15) is 5.75 Å². The lowest BCUT2D eigenvalue weighted by atomic mass is 10.0. The van der Waals surface area contributed by atoms with Crippen molar-refractivity contribution in [3.63, 3.8) is 0 Å². The van der Waals surface area contributed by atoms with Crippen molar-refractivity contribution in [3.8, 4) is 5.75 Å². The SMILES string of the molecule is COc1c(C)ccc(NC(C)c2cccc(C)c2)c1C. The number of benzene rings is 2. The highest BCUT2D eigenvalue weighted by Crippen LogP contribution is 2.31. The second kappa shape index (κ2) is 6.00. The van der Waals surface area contributed by atoms with Crippen LogP contribution in [0.15, 0.2) is 36.4 Å². The van der Waals surface area contributed by atoms with E-state index < -0.39 is 0 Å². The summed E-state index contributed by atoms with van der Waals surface area (Å²) in [5.74, 6) is 0.964. The molecule has 1 atom stereocenters. The number of ether oxygens (including phenoxy) is 1. The Morgan fingerprint density at radius 3 is 2.45 bits per heavy atom. The molecule has 0 amide bonds. The topological polar surface area (TPSA) is 21.3 Å². The third-order valence-corrected chi connectivity index (χ3v) is 3.72. The van der Waals surface area contributed by atoms with Gasteiger partial charge in [0.15, 0.2) is 0 Å². The lowest BCUT2D eigenvalue weighted by molar-refractivity contribution is 0.409. The van der Waals surface area contributed by atoms with Crippen molar-refractivity contribution in [2.45, 2.75) is 33.7 Å². The van der Waals surface area contributed by atoms with Gasteiger partial charge in [0.2, 0.25) is 0 Å². The summed E-state index contributed by atoms with van der Waals surface area (Å²) in [6.07, 6.45) is 0. The third-order valence-electron chi connectivity index (χ3n) is 3.72. The first kappa shape index (κ1) is 14.4. The third kappa shape index (κ3) is 2.96. The average Bonchev–Trinajstić information content (AvgIpc) is 2.42. The molecule has 106 valence electrons. The quantitative estimate of drug-likeness (QED) is 0.861. The van der Waals surface area contributed by atoms with Crippen LogP contribution in [0, 0.1) is 20.8 Å². The summed E-state index contributed by atoms with van der Waals surface area (Å²) in [5.41, 5.74) is 6.03. The van der Waals surface area contributed by atoms with Gasteiger partial charge in [-0.2, -0.15) is 0 Å². The number of aryl methyl sites for hydroxylation is 2. The van der Waals surface area contributed by atoms with Crippen LogP contribution in [0.5, 0.6) is 5.75 Å². The van der Waals surface area contributed by atoms with E-state index in [2.05, 4.69) is 69.4 Å². The summed E-state index contributed by atoms with van der Waals surface area (Å²) in [6, 6.07) is 13.1. The van der Waals surface area contributed by atoms with Crippen LogP contribution < -0.4 is 10.1 Å². The summed E-state index contributed by atoms with van der Waals surface area (Å²) in [6.45, 7) is 8.47. The fourth-order valence-electron chi connectivity index (χ4n) is 2.55. The predicted octanol–water partition coefficient (Wildman–Crippen LogP) is 4.79. The molecule has 0 bridgehead atoms. The fraction of sp³-hybridized carbons (Fsp3) is 0.333.